The number of aryl methyl sites for hydroxylation is 1. The number of nitro groups is 1. The van der Waals surface area contributed by atoms with Crippen molar-refractivity contribution >= 4 is 5.69 Å². The van der Waals surface area contributed by atoms with Crippen LogP contribution in [0.4, 0.5) is 5.69 Å². The molecule has 1 aromatic rings. The van der Waals surface area contributed by atoms with Gasteiger partial charge in [0.2, 0.25) is 0 Å². The van der Waals surface area contributed by atoms with E-state index in [2.05, 4.69) is 17.2 Å². The smallest absolute Gasteiger partial charge is 0.290 e. The van der Waals surface area contributed by atoms with Gasteiger partial charge in [0.15, 0.2) is 0 Å². The summed E-state index contributed by atoms with van der Waals surface area (Å²) in [5.41, 5.74) is 1.46. The molecule has 0 aliphatic heterocycles. The van der Waals surface area contributed by atoms with Gasteiger partial charge in [-0.25, -0.2) is 0 Å². The third kappa shape index (κ3) is 3.00. The molecule has 16 heavy (non-hydrogen) atoms. The Kier molecular flexibility index (Phi) is 4.37. The van der Waals surface area contributed by atoms with Gasteiger partial charge in [-0.15, -0.1) is 0 Å². The Morgan fingerprint density at radius 3 is 2.69 bits per heavy atom. The second-order valence-corrected chi connectivity index (χ2v) is 3.76. The molecule has 1 atom stereocenters. The molecule has 5 nitrogen and oxygen atoms in total. The standard InChI is InChI=1S/C11H17N3O2/c1-4-9(12-3)7-10-5-6-11(14(15)16)8(2)13-10/h5-6,9,12H,4,7H2,1-3H3. The van der Waals surface area contributed by atoms with E-state index in [0.717, 1.165) is 18.5 Å². The number of pyridine rings is 1. The van der Waals surface area contributed by atoms with Crippen LogP contribution in [-0.2, 0) is 6.42 Å². The monoisotopic (exact) mass is 223 g/mol. The highest BCUT2D eigenvalue weighted by Crippen LogP contribution is 2.16. The summed E-state index contributed by atoms with van der Waals surface area (Å²) in [5, 5.41) is 13.8. The molecule has 0 fully saturated rings. The predicted octanol–water partition coefficient (Wildman–Crippen LogP) is 1.84. The molecule has 0 aliphatic rings. The molecule has 88 valence electrons. The summed E-state index contributed by atoms with van der Waals surface area (Å²) >= 11 is 0. The van der Waals surface area contributed by atoms with Gasteiger partial charge >= 0.3 is 0 Å². The summed E-state index contributed by atoms with van der Waals surface area (Å²) in [6, 6.07) is 3.62. The number of nitrogens with zero attached hydrogens (tertiary/aromatic N) is 2. The maximum atomic E-state index is 10.6. The third-order valence-corrected chi connectivity index (χ3v) is 2.67. The molecular weight excluding hydrogens is 206 g/mol. The third-order valence-electron chi connectivity index (χ3n) is 2.67. The Hall–Kier alpha value is -1.49. The molecule has 1 unspecified atom stereocenters. The second-order valence-electron chi connectivity index (χ2n) is 3.76. The van der Waals surface area contributed by atoms with Crippen LogP contribution in [0.1, 0.15) is 24.7 Å². The van der Waals surface area contributed by atoms with E-state index >= 15 is 0 Å². The van der Waals surface area contributed by atoms with Crippen molar-refractivity contribution < 1.29 is 4.92 Å². The van der Waals surface area contributed by atoms with Crippen LogP contribution < -0.4 is 5.32 Å². The van der Waals surface area contributed by atoms with Crippen LogP contribution in [0, 0.1) is 17.0 Å². The lowest BCUT2D eigenvalue weighted by Gasteiger charge is -2.13. The Bertz CT molecular complexity index is 375. The number of hydrogen-bond donors (Lipinski definition) is 1. The van der Waals surface area contributed by atoms with Gasteiger partial charge in [0.05, 0.1) is 4.92 Å². The maximum absolute atomic E-state index is 10.6. The van der Waals surface area contributed by atoms with E-state index in [1.807, 2.05) is 7.05 Å². The molecule has 0 radical (unpaired) electrons. The van der Waals surface area contributed by atoms with Crippen LogP contribution in [0.15, 0.2) is 12.1 Å². The first kappa shape index (κ1) is 12.6. The highest BCUT2D eigenvalue weighted by molar-refractivity contribution is 5.35. The van der Waals surface area contributed by atoms with Crippen molar-refractivity contribution in [3.8, 4) is 0 Å². The zero-order chi connectivity index (χ0) is 12.1. The predicted molar refractivity (Wildman–Crippen MR) is 62.5 cm³/mol. The lowest BCUT2D eigenvalue weighted by atomic mass is 10.1. The summed E-state index contributed by atoms with van der Waals surface area (Å²) in [6.45, 7) is 3.77. The first-order valence-electron chi connectivity index (χ1n) is 5.36. The molecule has 1 aromatic heterocycles. The van der Waals surface area contributed by atoms with Gasteiger partial charge in [0, 0.05) is 24.2 Å². The molecular formula is C11H17N3O2. The number of rotatable bonds is 5. The van der Waals surface area contributed by atoms with Crippen molar-refractivity contribution in [2.45, 2.75) is 32.7 Å². The minimum atomic E-state index is -0.401. The molecule has 1 N–H and O–H groups in total. The number of hydrogen-bond acceptors (Lipinski definition) is 4. The van der Waals surface area contributed by atoms with Gasteiger partial charge in [-0.2, -0.15) is 0 Å². The van der Waals surface area contributed by atoms with Crippen molar-refractivity contribution in [3.63, 3.8) is 0 Å². The average Bonchev–Trinajstić information content (AvgIpc) is 2.25. The van der Waals surface area contributed by atoms with Crippen LogP contribution in [0.25, 0.3) is 0 Å². The van der Waals surface area contributed by atoms with E-state index in [-0.39, 0.29) is 5.69 Å². The highest BCUT2D eigenvalue weighted by atomic mass is 16.6. The fourth-order valence-corrected chi connectivity index (χ4v) is 1.62. The van der Waals surface area contributed by atoms with Crippen molar-refractivity contribution in [2.75, 3.05) is 7.05 Å². The largest absolute Gasteiger partial charge is 0.317 e. The SMILES string of the molecule is CCC(Cc1ccc([N+](=O)[O-])c(C)n1)NC. The normalized spacial score (nSPS) is 12.4. The molecule has 0 aromatic carbocycles. The van der Waals surface area contributed by atoms with E-state index < -0.39 is 4.92 Å². The quantitative estimate of drug-likeness (QED) is 0.611. The van der Waals surface area contributed by atoms with Gasteiger partial charge in [-0.05, 0) is 26.5 Å². The van der Waals surface area contributed by atoms with E-state index in [1.165, 1.54) is 6.07 Å². The van der Waals surface area contributed by atoms with E-state index in [0.29, 0.717) is 11.7 Å². The van der Waals surface area contributed by atoms with Gasteiger partial charge in [-0.1, -0.05) is 6.92 Å². The Labute approximate surface area is 95.0 Å². The molecule has 0 bridgehead atoms. The molecule has 0 amide bonds. The van der Waals surface area contributed by atoms with Crippen molar-refractivity contribution in [3.05, 3.63) is 33.6 Å². The summed E-state index contributed by atoms with van der Waals surface area (Å²) in [6.07, 6.45) is 1.81. The molecule has 1 rings (SSSR count). The topological polar surface area (TPSA) is 68.1 Å². The molecule has 0 saturated heterocycles. The van der Waals surface area contributed by atoms with Crippen LogP contribution in [-0.4, -0.2) is 23.0 Å². The average molecular weight is 223 g/mol. The summed E-state index contributed by atoms with van der Waals surface area (Å²) in [7, 11) is 1.91. The number of aromatic nitrogens is 1. The van der Waals surface area contributed by atoms with Gasteiger partial charge in [-0.3, -0.25) is 15.1 Å². The molecule has 0 spiro atoms. The first-order chi connectivity index (χ1) is 7.58. The van der Waals surface area contributed by atoms with Gasteiger partial charge in [0.25, 0.3) is 5.69 Å². The van der Waals surface area contributed by atoms with Crippen molar-refractivity contribution in [1.82, 2.24) is 10.3 Å². The van der Waals surface area contributed by atoms with Crippen LogP contribution in [0.3, 0.4) is 0 Å². The fraction of sp³-hybridized carbons (Fsp3) is 0.545. The van der Waals surface area contributed by atoms with Gasteiger partial charge in [0.1, 0.15) is 5.69 Å². The van der Waals surface area contributed by atoms with Crippen molar-refractivity contribution in [2.24, 2.45) is 0 Å². The second kappa shape index (κ2) is 5.55. The fourth-order valence-electron chi connectivity index (χ4n) is 1.62. The summed E-state index contributed by atoms with van der Waals surface area (Å²) in [5.74, 6) is 0. The first-order valence-corrected chi connectivity index (χ1v) is 5.36. The number of nitrogens with one attached hydrogen (secondary N) is 1. The lowest BCUT2D eigenvalue weighted by molar-refractivity contribution is -0.385. The summed E-state index contributed by atoms with van der Waals surface area (Å²) in [4.78, 5) is 14.5. The highest BCUT2D eigenvalue weighted by Gasteiger charge is 2.13. The van der Waals surface area contributed by atoms with Crippen LogP contribution in [0.5, 0.6) is 0 Å². The van der Waals surface area contributed by atoms with Crippen LogP contribution in [0.2, 0.25) is 0 Å². The molecule has 1 heterocycles. The van der Waals surface area contributed by atoms with Gasteiger partial charge < -0.3 is 5.32 Å². The zero-order valence-electron chi connectivity index (χ0n) is 9.86. The van der Waals surface area contributed by atoms with Crippen LogP contribution >= 0.6 is 0 Å². The molecule has 5 heteroatoms. The van der Waals surface area contributed by atoms with E-state index in [4.69, 9.17) is 0 Å². The molecule has 0 saturated carbocycles. The van der Waals surface area contributed by atoms with Crippen molar-refractivity contribution in [1.29, 1.82) is 0 Å². The Morgan fingerprint density at radius 1 is 1.56 bits per heavy atom. The lowest BCUT2D eigenvalue weighted by Crippen LogP contribution is -2.27. The summed E-state index contributed by atoms with van der Waals surface area (Å²) < 4.78 is 0. The Balaban J connectivity index is 2.84. The maximum Gasteiger partial charge on any atom is 0.290 e. The van der Waals surface area contributed by atoms with E-state index in [1.54, 1.807) is 13.0 Å². The van der Waals surface area contributed by atoms with E-state index in [9.17, 15) is 10.1 Å². The zero-order valence-corrected chi connectivity index (χ0v) is 9.86. The molecule has 0 aliphatic carbocycles. The minimum absolute atomic E-state index is 0.0845. The Morgan fingerprint density at radius 2 is 2.25 bits per heavy atom. The minimum Gasteiger partial charge on any atom is -0.317 e. The number of likely N-dealkylation sites (N-methyl/N-ethyl adjacent to an activating group) is 1.